The summed E-state index contributed by atoms with van der Waals surface area (Å²) in [5, 5.41) is 0. The number of carbonyl (C=O) groups is 1. The third-order valence-corrected chi connectivity index (χ3v) is 5.74. The predicted octanol–water partition coefficient (Wildman–Crippen LogP) is 2.09. The van der Waals surface area contributed by atoms with Crippen molar-refractivity contribution in [1.82, 2.24) is 9.62 Å². The number of methoxy groups -OCH3 is 1. The van der Waals surface area contributed by atoms with Crippen LogP contribution in [-0.2, 0) is 21.3 Å². The molecule has 2 rings (SSSR count). The maximum Gasteiger partial charge on any atom is 0.254 e. The Bertz CT molecular complexity index is 860. The Hall–Kier alpha value is -2.16. The van der Waals surface area contributed by atoms with Gasteiger partial charge in [0.1, 0.15) is 5.76 Å². The van der Waals surface area contributed by atoms with E-state index in [0.717, 1.165) is 5.56 Å². The maximum absolute atomic E-state index is 13.0. The minimum absolute atomic E-state index is 0.105. The lowest BCUT2D eigenvalue weighted by Crippen LogP contribution is -2.33. The molecule has 0 aliphatic carbocycles. The Morgan fingerprint density at radius 3 is 2.62 bits per heavy atom. The highest BCUT2D eigenvalue weighted by atomic mass is 32.2. The summed E-state index contributed by atoms with van der Waals surface area (Å²) in [6, 6.07) is 6.65. The van der Waals surface area contributed by atoms with E-state index in [4.69, 9.17) is 9.15 Å². The summed E-state index contributed by atoms with van der Waals surface area (Å²) < 4.78 is 37.3. The van der Waals surface area contributed by atoms with Crippen molar-refractivity contribution in [3.05, 3.63) is 53.0 Å². The van der Waals surface area contributed by atoms with Gasteiger partial charge in [0.15, 0.2) is 0 Å². The second-order valence-electron chi connectivity index (χ2n) is 5.92. The highest BCUT2D eigenvalue weighted by Crippen LogP contribution is 2.22. The largest absolute Gasteiger partial charge is 0.467 e. The zero-order valence-corrected chi connectivity index (χ0v) is 16.2. The third kappa shape index (κ3) is 4.51. The molecule has 0 radical (unpaired) electrons. The smallest absolute Gasteiger partial charge is 0.254 e. The van der Waals surface area contributed by atoms with Crippen LogP contribution >= 0.6 is 0 Å². The molecule has 1 heterocycles. The van der Waals surface area contributed by atoms with E-state index in [1.807, 2.05) is 0 Å². The molecule has 0 spiro atoms. The number of aryl methyl sites for hydroxylation is 1. The first-order valence-corrected chi connectivity index (χ1v) is 9.64. The first-order chi connectivity index (χ1) is 12.3. The number of hydrogen-bond acceptors (Lipinski definition) is 5. The second kappa shape index (κ2) is 8.48. The molecule has 0 bridgehead atoms. The molecule has 0 aliphatic heterocycles. The van der Waals surface area contributed by atoms with Crippen molar-refractivity contribution in [1.29, 1.82) is 0 Å². The van der Waals surface area contributed by atoms with Crippen molar-refractivity contribution in [3.63, 3.8) is 0 Å². The van der Waals surface area contributed by atoms with E-state index in [9.17, 15) is 13.2 Å². The topological polar surface area (TPSA) is 88.9 Å². The van der Waals surface area contributed by atoms with Crippen LogP contribution in [0.5, 0.6) is 0 Å². The van der Waals surface area contributed by atoms with E-state index in [-0.39, 0.29) is 17.3 Å². The van der Waals surface area contributed by atoms with Gasteiger partial charge in [-0.25, -0.2) is 13.1 Å². The van der Waals surface area contributed by atoms with E-state index in [2.05, 4.69) is 4.72 Å². The zero-order chi connectivity index (χ0) is 19.3. The summed E-state index contributed by atoms with van der Waals surface area (Å²) in [6.07, 6.45) is 1.54. The molecule has 1 aromatic carbocycles. The number of amides is 1. The average Bonchev–Trinajstić information content (AvgIpc) is 3.13. The normalized spacial score (nSPS) is 11.5. The molecule has 8 heteroatoms. The molecule has 2 aromatic rings. The first-order valence-electron chi connectivity index (χ1n) is 8.15. The zero-order valence-electron chi connectivity index (χ0n) is 15.4. The van der Waals surface area contributed by atoms with Gasteiger partial charge in [0.05, 0.1) is 24.3 Å². The fourth-order valence-electron chi connectivity index (χ4n) is 2.57. The lowest BCUT2D eigenvalue weighted by Gasteiger charge is -2.22. The van der Waals surface area contributed by atoms with Gasteiger partial charge in [-0.05, 0) is 56.3 Å². The van der Waals surface area contributed by atoms with Crippen LogP contribution in [0.4, 0.5) is 0 Å². The molecule has 0 saturated carbocycles. The van der Waals surface area contributed by atoms with Crippen molar-refractivity contribution < 1.29 is 22.4 Å². The molecule has 1 amide bonds. The van der Waals surface area contributed by atoms with E-state index in [1.54, 1.807) is 50.3 Å². The number of nitrogens with one attached hydrogen (secondary N) is 1. The molecule has 142 valence electrons. The molecule has 1 N–H and O–H groups in total. The van der Waals surface area contributed by atoms with Crippen molar-refractivity contribution in [2.24, 2.45) is 0 Å². The number of nitrogens with zero attached hydrogens (tertiary/aromatic N) is 1. The van der Waals surface area contributed by atoms with Gasteiger partial charge < -0.3 is 14.1 Å². The van der Waals surface area contributed by atoms with Gasteiger partial charge in [0.25, 0.3) is 5.91 Å². The molecule has 0 saturated heterocycles. The van der Waals surface area contributed by atoms with E-state index < -0.39 is 10.0 Å². The quantitative estimate of drug-likeness (QED) is 0.758. The van der Waals surface area contributed by atoms with Crippen LogP contribution in [0.25, 0.3) is 0 Å². The Morgan fingerprint density at radius 1 is 1.31 bits per heavy atom. The van der Waals surface area contributed by atoms with Gasteiger partial charge in [-0.3, -0.25) is 4.79 Å². The number of ether oxygens (including phenoxy) is 1. The number of sulfonamides is 1. The standard InChI is InChI=1S/C18H24N2O5S/c1-13-10-15(11-17(14(13)2)26(22,23)19-3)18(21)20(7-9-24-4)12-16-6-5-8-25-16/h5-6,8,10-11,19H,7,9,12H2,1-4H3. The number of furan rings is 1. The molecule has 0 aliphatic rings. The Morgan fingerprint density at radius 2 is 2.04 bits per heavy atom. The molecule has 0 atom stereocenters. The van der Waals surface area contributed by atoms with Crippen LogP contribution in [-0.4, -0.2) is 46.5 Å². The number of benzene rings is 1. The summed E-state index contributed by atoms with van der Waals surface area (Å²) in [5.74, 6) is 0.357. The van der Waals surface area contributed by atoms with E-state index in [0.29, 0.717) is 30.0 Å². The lowest BCUT2D eigenvalue weighted by atomic mass is 10.1. The first kappa shape index (κ1) is 20.2. The molecule has 1 aromatic heterocycles. The van der Waals surface area contributed by atoms with Crippen molar-refractivity contribution in [2.75, 3.05) is 27.3 Å². The summed E-state index contributed by atoms with van der Waals surface area (Å²) in [5.41, 5.74) is 1.66. The number of rotatable bonds is 8. The minimum atomic E-state index is -3.66. The summed E-state index contributed by atoms with van der Waals surface area (Å²) in [6.45, 7) is 4.50. The number of hydrogen-bond donors (Lipinski definition) is 1. The van der Waals surface area contributed by atoms with Crippen LogP contribution in [0.1, 0.15) is 27.2 Å². The molecule has 26 heavy (non-hydrogen) atoms. The van der Waals surface area contributed by atoms with Crippen LogP contribution in [0.3, 0.4) is 0 Å². The molecular weight excluding hydrogens is 356 g/mol. The van der Waals surface area contributed by atoms with Crippen molar-refractivity contribution in [3.8, 4) is 0 Å². The van der Waals surface area contributed by atoms with Crippen molar-refractivity contribution in [2.45, 2.75) is 25.3 Å². The molecule has 0 fully saturated rings. The Balaban J connectivity index is 2.41. The fraction of sp³-hybridized carbons (Fsp3) is 0.389. The van der Waals surface area contributed by atoms with Gasteiger partial charge >= 0.3 is 0 Å². The van der Waals surface area contributed by atoms with Gasteiger partial charge in [-0.2, -0.15) is 0 Å². The molecular formula is C18H24N2O5S. The highest BCUT2D eigenvalue weighted by Gasteiger charge is 2.22. The van der Waals surface area contributed by atoms with Gasteiger partial charge in [-0.15, -0.1) is 0 Å². The third-order valence-electron chi connectivity index (χ3n) is 4.20. The molecule has 0 unspecified atom stereocenters. The Labute approximate surface area is 154 Å². The molecule has 7 nitrogen and oxygen atoms in total. The fourth-order valence-corrected chi connectivity index (χ4v) is 3.63. The highest BCUT2D eigenvalue weighted by molar-refractivity contribution is 7.89. The van der Waals surface area contributed by atoms with Crippen LogP contribution in [0.2, 0.25) is 0 Å². The average molecular weight is 380 g/mol. The van der Waals surface area contributed by atoms with Gasteiger partial charge in [-0.1, -0.05) is 0 Å². The Kier molecular flexibility index (Phi) is 6.57. The van der Waals surface area contributed by atoms with E-state index in [1.165, 1.54) is 13.1 Å². The maximum atomic E-state index is 13.0. The van der Waals surface area contributed by atoms with Gasteiger partial charge in [0.2, 0.25) is 10.0 Å². The monoisotopic (exact) mass is 380 g/mol. The summed E-state index contributed by atoms with van der Waals surface area (Å²) in [4.78, 5) is 14.7. The van der Waals surface area contributed by atoms with Crippen LogP contribution < -0.4 is 4.72 Å². The van der Waals surface area contributed by atoms with Gasteiger partial charge in [0, 0.05) is 19.2 Å². The number of carbonyl (C=O) groups excluding carboxylic acids is 1. The second-order valence-corrected chi connectivity index (χ2v) is 7.78. The summed E-state index contributed by atoms with van der Waals surface area (Å²) >= 11 is 0. The predicted molar refractivity (Wildman–Crippen MR) is 97.5 cm³/mol. The SMILES string of the molecule is CNS(=O)(=O)c1cc(C(=O)N(CCOC)Cc2ccco2)cc(C)c1C. The lowest BCUT2D eigenvalue weighted by molar-refractivity contribution is 0.0666. The minimum Gasteiger partial charge on any atom is -0.467 e. The van der Waals surface area contributed by atoms with Crippen molar-refractivity contribution >= 4 is 15.9 Å². The summed E-state index contributed by atoms with van der Waals surface area (Å²) in [7, 11) is -0.758. The van der Waals surface area contributed by atoms with E-state index >= 15 is 0 Å². The van der Waals surface area contributed by atoms with Crippen LogP contribution in [0.15, 0.2) is 39.8 Å². The van der Waals surface area contributed by atoms with Crippen LogP contribution in [0, 0.1) is 13.8 Å².